The van der Waals surface area contributed by atoms with Crippen molar-refractivity contribution in [3.63, 3.8) is 0 Å². The summed E-state index contributed by atoms with van der Waals surface area (Å²) in [6, 6.07) is 10.6. The molecule has 0 aliphatic carbocycles. The molecule has 0 spiro atoms. The third-order valence-electron chi connectivity index (χ3n) is 3.80. The van der Waals surface area contributed by atoms with Gasteiger partial charge >= 0.3 is 5.97 Å². The Morgan fingerprint density at radius 2 is 2.00 bits per heavy atom. The maximum Gasteiger partial charge on any atom is 0.330 e. The number of carboxylic acid groups (broad SMARTS) is 1. The molecule has 0 saturated carbocycles. The molecule has 144 valence electrons. The molecule has 1 amide bonds. The van der Waals surface area contributed by atoms with Crippen molar-refractivity contribution in [2.75, 3.05) is 13.7 Å². The van der Waals surface area contributed by atoms with E-state index in [-0.39, 0.29) is 11.4 Å². The van der Waals surface area contributed by atoms with Crippen molar-refractivity contribution < 1.29 is 24.2 Å². The maximum atomic E-state index is 12.4. The number of amides is 1. The molecule has 0 radical (unpaired) electrons. The normalized spacial score (nSPS) is 11.5. The first-order valence-corrected chi connectivity index (χ1v) is 8.89. The Balaban J connectivity index is 2.09. The monoisotopic (exact) mass is 391 g/mol. The number of rotatable bonds is 9. The Hall–Kier alpha value is -2.73. The minimum Gasteiger partial charge on any atom is -0.495 e. The maximum absolute atomic E-state index is 12.4. The summed E-state index contributed by atoms with van der Waals surface area (Å²) in [6.45, 7) is 2.60. The topological polar surface area (TPSA) is 84.9 Å². The van der Waals surface area contributed by atoms with E-state index in [1.165, 1.54) is 13.2 Å². The van der Waals surface area contributed by atoms with Crippen LogP contribution in [0.3, 0.4) is 0 Å². The van der Waals surface area contributed by atoms with Crippen molar-refractivity contribution in [2.24, 2.45) is 0 Å². The molecule has 0 fully saturated rings. The summed E-state index contributed by atoms with van der Waals surface area (Å²) >= 11 is 6.06. The summed E-state index contributed by atoms with van der Waals surface area (Å²) in [7, 11) is 1.47. The van der Waals surface area contributed by atoms with Crippen molar-refractivity contribution >= 4 is 23.5 Å². The number of ether oxygens (including phenoxy) is 2. The molecule has 27 heavy (non-hydrogen) atoms. The lowest BCUT2D eigenvalue weighted by molar-refractivity contribution is -0.141. The van der Waals surface area contributed by atoms with Crippen molar-refractivity contribution in [3.8, 4) is 11.5 Å². The van der Waals surface area contributed by atoms with Gasteiger partial charge in [0.15, 0.2) is 6.04 Å². The van der Waals surface area contributed by atoms with Crippen molar-refractivity contribution in [2.45, 2.75) is 25.8 Å². The van der Waals surface area contributed by atoms with Gasteiger partial charge in [0.2, 0.25) is 5.91 Å². The number of hydrogen-bond donors (Lipinski definition) is 2. The molecule has 1 unspecified atom stereocenters. The summed E-state index contributed by atoms with van der Waals surface area (Å²) < 4.78 is 10.6. The summed E-state index contributed by atoms with van der Waals surface area (Å²) in [5.74, 6) is -0.481. The van der Waals surface area contributed by atoms with Gasteiger partial charge in [-0.1, -0.05) is 36.7 Å². The van der Waals surface area contributed by atoms with E-state index in [4.69, 9.17) is 21.1 Å². The van der Waals surface area contributed by atoms with Crippen LogP contribution in [0.15, 0.2) is 42.5 Å². The molecular formula is C20H22ClNO5. The summed E-state index contributed by atoms with van der Waals surface area (Å²) in [4.78, 5) is 24.0. The molecule has 0 aliphatic heterocycles. The van der Waals surface area contributed by atoms with Gasteiger partial charge in [-0.25, -0.2) is 4.79 Å². The van der Waals surface area contributed by atoms with Gasteiger partial charge in [-0.15, -0.1) is 0 Å². The minimum atomic E-state index is -1.21. The van der Waals surface area contributed by atoms with Gasteiger partial charge < -0.3 is 19.9 Å². The number of hydrogen-bond acceptors (Lipinski definition) is 4. The smallest absolute Gasteiger partial charge is 0.330 e. The molecule has 2 aromatic carbocycles. The summed E-state index contributed by atoms with van der Waals surface area (Å²) in [6.07, 6.45) is 0.923. The molecular weight excluding hydrogens is 370 g/mol. The Kier molecular flexibility index (Phi) is 7.49. The summed E-state index contributed by atoms with van der Waals surface area (Å²) in [5.41, 5.74) is 1.10. The average molecular weight is 392 g/mol. The average Bonchev–Trinajstić information content (AvgIpc) is 2.64. The molecule has 2 aromatic rings. The lowest BCUT2D eigenvalue weighted by Gasteiger charge is -2.16. The fourth-order valence-electron chi connectivity index (χ4n) is 2.51. The largest absolute Gasteiger partial charge is 0.495 e. The van der Waals surface area contributed by atoms with Crippen LogP contribution in [0.25, 0.3) is 0 Å². The van der Waals surface area contributed by atoms with Gasteiger partial charge in [0, 0.05) is 0 Å². The van der Waals surface area contributed by atoms with Gasteiger partial charge in [-0.05, 0) is 41.8 Å². The molecule has 6 nitrogen and oxygen atoms in total. The van der Waals surface area contributed by atoms with Crippen LogP contribution >= 0.6 is 11.6 Å². The molecule has 0 aliphatic rings. The molecule has 7 heteroatoms. The number of carbonyl (C=O) groups excluding carboxylic acids is 1. The predicted molar refractivity (Wildman–Crippen MR) is 102 cm³/mol. The lowest BCUT2D eigenvalue weighted by Crippen LogP contribution is -2.34. The van der Waals surface area contributed by atoms with E-state index in [1.54, 1.807) is 30.3 Å². The molecule has 2 N–H and O–H groups in total. The van der Waals surface area contributed by atoms with Crippen LogP contribution in [0, 0.1) is 0 Å². The lowest BCUT2D eigenvalue weighted by atomic mass is 10.1. The number of halogens is 1. The first kappa shape index (κ1) is 20.6. The molecule has 0 aromatic heterocycles. The Labute approximate surface area is 163 Å². The first-order chi connectivity index (χ1) is 12.9. The van der Waals surface area contributed by atoms with E-state index in [0.29, 0.717) is 23.7 Å². The second kappa shape index (κ2) is 9.83. The van der Waals surface area contributed by atoms with Crippen molar-refractivity contribution in [3.05, 3.63) is 58.6 Å². The second-order valence-electron chi connectivity index (χ2n) is 5.91. The zero-order chi connectivity index (χ0) is 19.8. The number of methoxy groups -OCH3 is 1. The van der Waals surface area contributed by atoms with E-state index in [2.05, 4.69) is 5.32 Å². The highest BCUT2D eigenvalue weighted by Gasteiger charge is 2.23. The molecule has 2 rings (SSSR count). The zero-order valence-corrected chi connectivity index (χ0v) is 16.0. The number of carbonyl (C=O) groups is 2. The Bertz CT molecular complexity index is 809. The Morgan fingerprint density at radius 1 is 1.22 bits per heavy atom. The fourth-order valence-corrected chi connectivity index (χ4v) is 2.78. The van der Waals surface area contributed by atoms with E-state index in [0.717, 1.165) is 12.0 Å². The standard InChI is InChI=1S/C20H22ClNO5/c1-3-9-27-15-6-4-5-13(10-15)11-18(23)22-19(20(24)25)14-7-8-17(26-2)16(21)12-14/h4-8,10,12,19H,3,9,11H2,1-2H3,(H,22,23)(H,24,25). The summed E-state index contributed by atoms with van der Waals surface area (Å²) in [5, 5.41) is 12.3. The van der Waals surface area contributed by atoms with Crippen molar-refractivity contribution in [1.82, 2.24) is 5.32 Å². The van der Waals surface area contributed by atoms with Gasteiger partial charge in [-0.2, -0.15) is 0 Å². The Morgan fingerprint density at radius 3 is 2.63 bits per heavy atom. The van der Waals surface area contributed by atoms with Crippen LogP contribution in [0.2, 0.25) is 5.02 Å². The van der Waals surface area contributed by atoms with E-state index < -0.39 is 17.9 Å². The number of benzene rings is 2. The number of nitrogens with one attached hydrogen (secondary N) is 1. The number of carboxylic acids is 1. The van der Waals surface area contributed by atoms with Crippen LogP contribution in [-0.2, 0) is 16.0 Å². The molecule has 0 bridgehead atoms. The predicted octanol–water partition coefficient (Wildman–Crippen LogP) is 3.62. The highest BCUT2D eigenvalue weighted by atomic mass is 35.5. The van der Waals surface area contributed by atoms with Gasteiger partial charge in [0.05, 0.1) is 25.2 Å². The van der Waals surface area contributed by atoms with E-state index >= 15 is 0 Å². The molecule has 0 heterocycles. The van der Waals surface area contributed by atoms with E-state index in [1.807, 2.05) is 13.0 Å². The quantitative estimate of drug-likeness (QED) is 0.682. The highest BCUT2D eigenvalue weighted by Crippen LogP contribution is 2.28. The highest BCUT2D eigenvalue weighted by molar-refractivity contribution is 6.32. The van der Waals surface area contributed by atoms with Crippen LogP contribution in [-0.4, -0.2) is 30.7 Å². The second-order valence-corrected chi connectivity index (χ2v) is 6.31. The van der Waals surface area contributed by atoms with Crippen molar-refractivity contribution in [1.29, 1.82) is 0 Å². The van der Waals surface area contributed by atoms with Gasteiger partial charge in [-0.3, -0.25) is 4.79 Å². The van der Waals surface area contributed by atoms with Gasteiger partial charge in [0.25, 0.3) is 0 Å². The third-order valence-corrected chi connectivity index (χ3v) is 4.09. The van der Waals surface area contributed by atoms with E-state index in [9.17, 15) is 14.7 Å². The van der Waals surface area contributed by atoms with Crippen LogP contribution in [0.1, 0.15) is 30.5 Å². The first-order valence-electron chi connectivity index (χ1n) is 8.52. The van der Waals surface area contributed by atoms with Crippen LogP contribution in [0.4, 0.5) is 0 Å². The zero-order valence-electron chi connectivity index (χ0n) is 15.2. The van der Waals surface area contributed by atoms with Crippen LogP contribution in [0.5, 0.6) is 11.5 Å². The minimum absolute atomic E-state index is 0.0387. The molecule has 1 atom stereocenters. The fraction of sp³-hybridized carbons (Fsp3) is 0.300. The third kappa shape index (κ3) is 5.89. The van der Waals surface area contributed by atoms with Crippen LogP contribution < -0.4 is 14.8 Å². The SMILES string of the molecule is CCCOc1cccc(CC(=O)NC(C(=O)O)c2ccc(OC)c(Cl)c2)c1. The number of aliphatic carboxylic acids is 1. The molecule has 0 saturated heterocycles. The van der Waals surface area contributed by atoms with Gasteiger partial charge in [0.1, 0.15) is 11.5 Å².